The van der Waals surface area contributed by atoms with Gasteiger partial charge in [0.2, 0.25) is 5.78 Å². The standard InChI is InChI=1S/C21H40N6O6/c28-18(19(29)26-17-27-21(32)33)9-3-1-2-4-10-22-13-7-14-23-11-5-6-12-24-15-8-16-25-20(30)31/h17,22-25H,1-16H2,(H,30,31)(H,32,33)(H,26,27,29). The molecule has 0 atom stereocenters. The van der Waals surface area contributed by atoms with Crippen LogP contribution in [0.5, 0.6) is 0 Å². The lowest BCUT2D eigenvalue weighted by atomic mass is 10.1. The van der Waals surface area contributed by atoms with Crippen molar-refractivity contribution in [2.24, 2.45) is 4.99 Å². The predicted molar refractivity (Wildman–Crippen MR) is 126 cm³/mol. The van der Waals surface area contributed by atoms with Crippen LogP contribution < -0.4 is 26.6 Å². The fourth-order valence-electron chi connectivity index (χ4n) is 2.85. The molecule has 0 aromatic heterocycles. The van der Waals surface area contributed by atoms with E-state index in [1.54, 1.807) is 0 Å². The van der Waals surface area contributed by atoms with Crippen molar-refractivity contribution < 1.29 is 29.4 Å². The van der Waals surface area contributed by atoms with Crippen LogP contribution in [0.4, 0.5) is 9.59 Å². The van der Waals surface area contributed by atoms with E-state index in [1.807, 2.05) is 5.32 Å². The third-order valence-electron chi connectivity index (χ3n) is 4.60. The maximum absolute atomic E-state index is 11.6. The molecule has 3 amide bonds. The zero-order valence-electron chi connectivity index (χ0n) is 19.4. The third-order valence-corrected chi connectivity index (χ3v) is 4.60. The van der Waals surface area contributed by atoms with Crippen LogP contribution in [0.15, 0.2) is 4.99 Å². The SMILES string of the molecule is O=C(O)N=CNC(=O)C(=O)CCCCCCNCCCNCCCCNCCCNC(=O)O. The van der Waals surface area contributed by atoms with Gasteiger partial charge in [-0.1, -0.05) is 12.8 Å². The quantitative estimate of drug-likeness (QED) is 0.0521. The van der Waals surface area contributed by atoms with Crippen LogP contribution in [0.1, 0.15) is 57.8 Å². The van der Waals surface area contributed by atoms with Gasteiger partial charge in [-0.25, -0.2) is 9.59 Å². The molecule has 0 rings (SSSR count). The van der Waals surface area contributed by atoms with E-state index >= 15 is 0 Å². The highest BCUT2D eigenvalue weighted by atomic mass is 16.4. The Morgan fingerprint density at radius 3 is 1.67 bits per heavy atom. The molecule has 0 saturated heterocycles. The van der Waals surface area contributed by atoms with E-state index in [-0.39, 0.29) is 6.42 Å². The fourth-order valence-corrected chi connectivity index (χ4v) is 2.85. The molecule has 0 radical (unpaired) electrons. The number of amides is 3. The molecular weight excluding hydrogens is 432 g/mol. The molecule has 0 aliphatic heterocycles. The molecule has 12 heteroatoms. The Morgan fingerprint density at radius 1 is 0.636 bits per heavy atom. The van der Waals surface area contributed by atoms with Gasteiger partial charge >= 0.3 is 12.2 Å². The second-order valence-electron chi connectivity index (χ2n) is 7.50. The van der Waals surface area contributed by atoms with Crippen LogP contribution in [-0.4, -0.2) is 86.2 Å². The summed E-state index contributed by atoms with van der Waals surface area (Å²) in [7, 11) is 0. The van der Waals surface area contributed by atoms with Crippen LogP contribution in [0.2, 0.25) is 0 Å². The lowest BCUT2D eigenvalue weighted by Gasteiger charge is -2.07. The van der Waals surface area contributed by atoms with Crippen molar-refractivity contribution >= 4 is 30.2 Å². The first-order valence-electron chi connectivity index (χ1n) is 11.6. The molecule has 0 fully saturated rings. The van der Waals surface area contributed by atoms with E-state index in [4.69, 9.17) is 10.2 Å². The zero-order chi connectivity index (χ0) is 24.6. The van der Waals surface area contributed by atoms with Gasteiger partial charge in [-0.15, -0.1) is 0 Å². The summed E-state index contributed by atoms with van der Waals surface area (Å²) in [6.07, 6.45) is 5.97. The van der Waals surface area contributed by atoms with E-state index in [2.05, 4.69) is 26.3 Å². The molecule has 0 aliphatic carbocycles. The largest absolute Gasteiger partial charge is 0.465 e. The van der Waals surface area contributed by atoms with Crippen molar-refractivity contribution in [2.45, 2.75) is 57.8 Å². The minimum absolute atomic E-state index is 0.145. The number of hydrogen-bond acceptors (Lipinski definition) is 7. The molecular formula is C21H40N6O6. The number of aliphatic imine (C=N–C) groups is 1. The number of rotatable bonds is 22. The van der Waals surface area contributed by atoms with Crippen molar-refractivity contribution in [3.63, 3.8) is 0 Å². The third kappa shape index (κ3) is 23.9. The molecule has 0 saturated carbocycles. The topological polar surface area (TPSA) is 181 Å². The summed E-state index contributed by atoms with van der Waals surface area (Å²) in [5.41, 5.74) is 0. The van der Waals surface area contributed by atoms with Crippen molar-refractivity contribution in [1.29, 1.82) is 0 Å². The second-order valence-corrected chi connectivity index (χ2v) is 7.50. The number of Topliss-reactive ketones (excluding diaryl/α,β-unsaturated/α-hetero) is 1. The van der Waals surface area contributed by atoms with Gasteiger partial charge in [-0.2, -0.15) is 4.99 Å². The molecule has 0 aliphatic rings. The number of hydrogen-bond donors (Lipinski definition) is 7. The number of unbranched alkanes of at least 4 members (excludes halogenated alkanes) is 4. The molecule has 0 unspecified atom stereocenters. The summed E-state index contributed by atoms with van der Waals surface area (Å²) in [6.45, 7) is 6.09. The molecule has 12 nitrogen and oxygen atoms in total. The molecule has 0 bridgehead atoms. The molecule has 0 heterocycles. The van der Waals surface area contributed by atoms with Gasteiger partial charge in [0.05, 0.1) is 0 Å². The smallest absolute Gasteiger partial charge is 0.432 e. The van der Waals surface area contributed by atoms with E-state index in [1.165, 1.54) is 0 Å². The fraction of sp³-hybridized carbons (Fsp3) is 0.762. The molecule has 0 aromatic carbocycles. The summed E-state index contributed by atoms with van der Waals surface area (Å²) in [4.78, 5) is 46.3. The van der Waals surface area contributed by atoms with Gasteiger partial charge in [0.25, 0.3) is 5.91 Å². The molecule has 7 N–H and O–H groups in total. The van der Waals surface area contributed by atoms with Gasteiger partial charge in [0.15, 0.2) is 0 Å². The highest BCUT2D eigenvalue weighted by Gasteiger charge is 2.11. The maximum atomic E-state index is 11.6. The highest BCUT2D eigenvalue weighted by molar-refractivity contribution is 6.38. The van der Waals surface area contributed by atoms with Crippen LogP contribution in [0, 0.1) is 0 Å². The van der Waals surface area contributed by atoms with Crippen LogP contribution in [0.25, 0.3) is 0 Å². The summed E-state index contributed by atoms with van der Waals surface area (Å²) >= 11 is 0. The number of carbonyl (C=O) groups excluding carboxylic acids is 2. The minimum Gasteiger partial charge on any atom is -0.465 e. The summed E-state index contributed by atoms with van der Waals surface area (Å²) in [5.74, 6) is -1.41. The highest BCUT2D eigenvalue weighted by Crippen LogP contribution is 2.03. The Hall–Kier alpha value is -2.57. The molecule has 0 aromatic rings. The zero-order valence-corrected chi connectivity index (χ0v) is 19.4. The van der Waals surface area contributed by atoms with Crippen LogP contribution in [-0.2, 0) is 9.59 Å². The Bertz CT molecular complexity index is 588. The monoisotopic (exact) mass is 472 g/mol. The number of carbonyl (C=O) groups is 4. The van der Waals surface area contributed by atoms with Crippen molar-refractivity contribution in [3.8, 4) is 0 Å². The first kappa shape index (κ1) is 30.4. The van der Waals surface area contributed by atoms with E-state index < -0.39 is 23.9 Å². The lowest BCUT2D eigenvalue weighted by molar-refractivity contribution is -0.137. The molecule has 33 heavy (non-hydrogen) atoms. The van der Waals surface area contributed by atoms with E-state index in [9.17, 15) is 19.2 Å². The van der Waals surface area contributed by atoms with Gasteiger partial charge < -0.3 is 36.8 Å². The van der Waals surface area contributed by atoms with Crippen molar-refractivity contribution in [2.75, 3.05) is 45.8 Å². The van der Waals surface area contributed by atoms with E-state index in [0.717, 1.165) is 84.2 Å². The van der Waals surface area contributed by atoms with Crippen LogP contribution >= 0.6 is 0 Å². The average Bonchev–Trinajstić information content (AvgIpc) is 2.77. The number of carboxylic acid groups (broad SMARTS) is 2. The summed E-state index contributed by atoms with van der Waals surface area (Å²) in [5, 5.41) is 31.2. The number of nitrogens with one attached hydrogen (secondary N) is 5. The number of nitrogens with zero attached hydrogens (tertiary/aromatic N) is 1. The normalized spacial score (nSPS) is 10.9. The summed E-state index contributed by atoms with van der Waals surface area (Å²) in [6, 6.07) is 0. The number of ketones is 1. The molecule has 0 spiro atoms. The Balaban J connectivity index is 3.25. The predicted octanol–water partition coefficient (Wildman–Crippen LogP) is 0.925. The Morgan fingerprint density at radius 2 is 1.12 bits per heavy atom. The lowest BCUT2D eigenvalue weighted by Crippen LogP contribution is -2.29. The molecule has 190 valence electrons. The maximum Gasteiger partial charge on any atom is 0.432 e. The first-order chi connectivity index (χ1) is 15.9. The van der Waals surface area contributed by atoms with Crippen molar-refractivity contribution in [3.05, 3.63) is 0 Å². The van der Waals surface area contributed by atoms with Gasteiger partial charge in [0.1, 0.15) is 6.34 Å². The second kappa shape index (κ2) is 22.6. The Labute approximate surface area is 195 Å². The summed E-state index contributed by atoms with van der Waals surface area (Å²) < 4.78 is 0. The van der Waals surface area contributed by atoms with E-state index in [0.29, 0.717) is 19.3 Å². The van der Waals surface area contributed by atoms with Gasteiger partial charge in [0, 0.05) is 13.0 Å². The van der Waals surface area contributed by atoms with Gasteiger partial charge in [-0.3, -0.25) is 9.59 Å². The van der Waals surface area contributed by atoms with Gasteiger partial charge in [-0.05, 0) is 77.8 Å². The minimum atomic E-state index is -1.44. The Kier molecular flexibility index (Phi) is 20.9. The average molecular weight is 473 g/mol. The first-order valence-corrected chi connectivity index (χ1v) is 11.6. The van der Waals surface area contributed by atoms with Crippen LogP contribution in [0.3, 0.4) is 0 Å². The van der Waals surface area contributed by atoms with Crippen molar-refractivity contribution in [1.82, 2.24) is 26.6 Å².